The van der Waals surface area contributed by atoms with E-state index in [0.717, 1.165) is 0 Å². The van der Waals surface area contributed by atoms with E-state index in [9.17, 15) is 30.4 Å². The number of nitrogens with zero attached hydrogens (tertiary/aromatic N) is 1. The lowest BCUT2D eigenvalue weighted by Gasteiger charge is -2.22. The number of hydrogen-bond acceptors (Lipinski definition) is 3. The van der Waals surface area contributed by atoms with Crippen molar-refractivity contribution < 1.29 is 35.5 Å². The van der Waals surface area contributed by atoms with Gasteiger partial charge in [0.05, 0.1) is 18.2 Å². The number of halogens is 5. The normalized spacial score (nSPS) is 23.9. The van der Waals surface area contributed by atoms with Gasteiger partial charge in [0.25, 0.3) is 0 Å². The first-order valence-corrected chi connectivity index (χ1v) is 7.65. The summed E-state index contributed by atoms with van der Waals surface area (Å²) in [5.41, 5.74) is -1.33. The Morgan fingerprint density at radius 1 is 1.32 bits per heavy atom. The van der Waals surface area contributed by atoms with Crippen LogP contribution < -0.4 is 0 Å². The van der Waals surface area contributed by atoms with Crippen molar-refractivity contribution >= 4 is 10.0 Å². The molecule has 0 radical (unpaired) electrons. The van der Waals surface area contributed by atoms with Gasteiger partial charge in [-0.3, -0.25) is 0 Å². The van der Waals surface area contributed by atoms with Gasteiger partial charge in [-0.2, -0.15) is 17.5 Å². The van der Waals surface area contributed by atoms with Crippen LogP contribution in [0.1, 0.15) is 12.0 Å². The summed E-state index contributed by atoms with van der Waals surface area (Å²) < 4.78 is 90.0. The van der Waals surface area contributed by atoms with E-state index in [1.165, 1.54) is 0 Å². The Hall–Kier alpha value is -1.26. The van der Waals surface area contributed by atoms with Gasteiger partial charge < -0.3 is 5.11 Å². The summed E-state index contributed by atoms with van der Waals surface area (Å²) in [6, 6.07) is -0.147. The van der Waals surface area contributed by atoms with Gasteiger partial charge >= 0.3 is 6.18 Å². The highest BCUT2D eigenvalue weighted by molar-refractivity contribution is 7.89. The molecule has 2 atom stereocenters. The maximum absolute atomic E-state index is 13.7. The maximum Gasteiger partial charge on any atom is 0.416 e. The van der Waals surface area contributed by atoms with E-state index < -0.39 is 57.8 Å². The van der Waals surface area contributed by atoms with Gasteiger partial charge in [-0.05, 0) is 24.6 Å². The number of aliphatic hydroxyl groups is 1. The Balaban J connectivity index is 2.50. The molecule has 0 aromatic heterocycles. The van der Waals surface area contributed by atoms with Crippen molar-refractivity contribution in [3.63, 3.8) is 0 Å². The minimum atomic E-state index is -4.85. The second-order valence-electron chi connectivity index (χ2n) is 4.89. The van der Waals surface area contributed by atoms with Gasteiger partial charge in [0.2, 0.25) is 10.0 Å². The molecule has 0 saturated carbocycles. The zero-order valence-corrected chi connectivity index (χ0v) is 11.8. The Morgan fingerprint density at radius 2 is 1.95 bits per heavy atom. The zero-order valence-electron chi connectivity index (χ0n) is 11.0. The highest BCUT2D eigenvalue weighted by Crippen LogP contribution is 2.34. The van der Waals surface area contributed by atoms with Gasteiger partial charge in [-0.1, -0.05) is 0 Å². The Labute approximate surface area is 123 Å². The molecule has 0 amide bonds. The molecule has 1 aliphatic rings. The largest absolute Gasteiger partial charge is 0.416 e. The van der Waals surface area contributed by atoms with Gasteiger partial charge in [-0.25, -0.2) is 17.2 Å². The molecule has 124 valence electrons. The van der Waals surface area contributed by atoms with Crippen molar-refractivity contribution in [3.8, 4) is 0 Å². The molecule has 0 unspecified atom stereocenters. The SMILES string of the molecule is O=S(=O)(c1cc(C(F)(F)F)ccc1F)N1C[C@@H](F)C[C@H]1CO. The number of rotatable bonds is 3. The van der Waals surface area contributed by atoms with Crippen LogP contribution in [0.4, 0.5) is 22.0 Å². The molecule has 1 aromatic rings. The summed E-state index contributed by atoms with van der Waals surface area (Å²) in [4.78, 5) is -1.19. The molecule has 10 heteroatoms. The summed E-state index contributed by atoms with van der Waals surface area (Å²) in [6.45, 7) is -1.34. The first-order valence-electron chi connectivity index (χ1n) is 6.21. The molecular weight excluding hydrogens is 333 g/mol. The van der Waals surface area contributed by atoms with Crippen LogP contribution in [0.5, 0.6) is 0 Å². The standard InChI is InChI=1S/C12H12F5NO3S/c13-8-4-9(6-19)18(5-8)22(20,21)11-3-7(12(15,16)17)1-2-10(11)14/h1-3,8-9,19H,4-6H2/t8-,9-/m0/s1. The molecule has 1 saturated heterocycles. The molecule has 1 aromatic carbocycles. The molecule has 22 heavy (non-hydrogen) atoms. The molecule has 1 fully saturated rings. The summed E-state index contributed by atoms with van der Waals surface area (Å²) in [5.74, 6) is -1.37. The molecule has 0 bridgehead atoms. The van der Waals surface area contributed by atoms with Gasteiger partial charge in [0, 0.05) is 6.54 Å². The highest BCUT2D eigenvalue weighted by Gasteiger charge is 2.42. The summed E-state index contributed by atoms with van der Waals surface area (Å²) >= 11 is 0. The van der Waals surface area contributed by atoms with E-state index in [1.54, 1.807) is 0 Å². The third-order valence-corrected chi connectivity index (χ3v) is 5.30. The van der Waals surface area contributed by atoms with Crippen LogP contribution in [0.15, 0.2) is 23.1 Å². The van der Waals surface area contributed by atoms with Crippen molar-refractivity contribution in [2.24, 2.45) is 0 Å². The van der Waals surface area contributed by atoms with Crippen molar-refractivity contribution in [2.75, 3.05) is 13.2 Å². The summed E-state index contributed by atoms with van der Waals surface area (Å²) in [7, 11) is -4.69. The van der Waals surface area contributed by atoms with Crippen LogP contribution in [0.25, 0.3) is 0 Å². The van der Waals surface area contributed by atoms with E-state index in [-0.39, 0.29) is 12.5 Å². The third-order valence-electron chi connectivity index (χ3n) is 3.37. The Kier molecular flexibility index (Phi) is 4.46. The maximum atomic E-state index is 13.7. The van der Waals surface area contributed by atoms with E-state index in [4.69, 9.17) is 5.11 Å². The van der Waals surface area contributed by atoms with Crippen molar-refractivity contribution in [2.45, 2.75) is 29.7 Å². The molecule has 1 heterocycles. The third kappa shape index (κ3) is 3.08. The van der Waals surface area contributed by atoms with Gasteiger partial charge in [0.1, 0.15) is 16.9 Å². The fourth-order valence-corrected chi connectivity index (χ4v) is 4.04. The Morgan fingerprint density at radius 3 is 2.50 bits per heavy atom. The van der Waals surface area contributed by atoms with Crippen LogP contribution in [0.2, 0.25) is 0 Å². The number of sulfonamides is 1. The van der Waals surface area contributed by atoms with Crippen LogP contribution in [0.3, 0.4) is 0 Å². The second kappa shape index (κ2) is 5.74. The van der Waals surface area contributed by atoms with Crippen LogP contribution in [0, 0.1) is 5.82 Å². The zero-order chi connectivity index (χ0) is 16.7. The summed E-state index contributed by atoms with van der Waals surface area (Å²) in [6.07, 6.45) is -6.71. The topological polar surface area (TPSA) is 57.6 Å². The smallest absolute Gasteiger partial charge is 0.395 e. The number of aliphatic hydroxyl groups excluding tert-OH is 1. The highest BCUT2D eigenvalue weighted by atomic mass is 32.2. The number of benzene rings is 1. The van der Waals surface area contributed by atoms with Crippen molar-refractivity contribution in [1.82, 2.24) is 4.31 Å². The molecule has 1 aliphatic heterocycles. The average molecular weight is 345 g/mol. The minimum absolute atomic E-state index is 0.171. The van der Waals surface area contributed by atoms with Gasteiger partial charge in [0.15, 0.2) is 0 Å². The monoisotopic (exact) mass is 345 g/mol. The lowest BCUT2D eigenvalue weighted by atomic mass is 10.2. The second-order valence-corrected chi connectivity index (χ2v) is 6.75. The van der Waals surface area contributed by atoms with E-state index in [1.807, 2.05) is 0 Å². The summed E-state index contributed by atoms with van der Waals surface area (Å²) in [5, 5.41) is 9.07. The molecule has 2 rings (SSSR count). The van der Waals surface area contributed by atoms with E-state index in [0.29, 0.717) is 16.4 Å². The Bertz CT molecular complexity index is 661. The van der Waals surface area contributed by atoms with Crippen LogP contribution in [-0.4, -0.2) is 43.2 Å². The predicted molar refractivity (Wildman–Crippen MR) is 65.7 cm³/mol. The first-order chi connectivity index (χ1) is 10.1. The fourth-order valence-electron chi connectivity index (χ4n) is 2.30. The number of alkyl halides is 4. The van der Waals surface area contributed by atoms with Gasteiger partial charge in [-0.15, -0.1) is 0 Å². The quantitative estimate of drug-likeness (QED) is 0.852. The molecule has 0 aliphatic carbocycles. The lowest BCUT2D eigenvalue weighted by Crippen LogP contribution is -2.38. The van der Waals surface area contributed by atoms with Crippen LogP contribution in [-0.2, 0) is 16.2 Å². The molecule has 1 N–H and O–H groups in total. The minimum Gasteiger partial charge on any atom is -0.395 e. The molecule has 0 spiro atoms. The lowest BCUT2D eigenvalue weighted by molar-refractivity contribution is -0.137. The van der Waals surface area contributed by atoms with Crippen molar-refractivity contribution in [3.05, 3.63) is 29.6 Å². The molecule has 4 nitrogen and oxygen atoms in total. The van der Waals surface area contributed by atoms with Crippen molar-refractivity contribution in [1.29, 1.82) is 0 Å². The number of hydrogen-bond donors (Lipinski definition) is 1. The average Bonchev–Trinajstić information content (AvgIpc) is 2.79. The first kappa shape index (κ1) is 17.1. The van der Waals surface area contributed by atoms with Crippen LogP contribution >= 0.6 is 0 Å². The van der Waals surface area contributed by atoms with E-state index >= 15 is 0 Å². The van der Waals surface area contributed by atoms with E-state index in [2.05, 4.69) is 0 Å². The fraction of sp³-hybridized carbons (Fsp3) is 0.500. The predicted octanol–water partition coefficient (Wildman–Crippen LogP) is 1.94. The molecular formula is C12H12F5NO3S.